The summed E-state index contributed by atoms with van der Waals surface area (Å²) in [5.41, 5.74) is -0.512. The van der Waals surface area contributed by atoms with Crippen LogP contribution in [0.2, 0.25) is 0 Å². The summed E-state index contributed by atoms with van der Waals surface area (Å²) in [6.45, 7) is 9.81. The molecule has 9 nitrogen and oxygen atoms in total. The van der Waals surface area contributed by atoms with Gasteiger partial charge in [-0.2, -0.15) is 4.31 Å². The number of ether oxygens (including phenoxy) is 1. The van der Waals surface area contributed by atoms with Crippen molar-refractivity contribution in [1.29, 1.82) is 0 Å². The zero-order chi connectivity index (χ0) is 21.7. The molecule has 1 saturated heterocycles. The van der Waals surface area contributed by atoms with Gasteiger partial charge in [-0.05, 0) is 39.1 Å². The minimum Gasteiger partial charge on any atom is -0.444 e. The summed E-state index contributed by atoms with van der Waals surface area (Å²) < 4.78 is 31.8. The SMILES string of the molecule is CCNC(=NCCN(C)S(=O)(=O)c1cccs1)NC1CN(C(=O)OC(C)(C)C)C1.I. The number of likely N-dealkylation sites (tertiary alicyclic amines) is 1. The number of halogens is 1. The molecule has 12 heteroatoms. The van der Waals surface area contributed by atoms with E-state index in [1.54, 1.807) is 29.5 Å². The van der Waals surface area contributed by atoms with Gasteiger partial charge < -0.3 is 20.3 Å². The highest BCUT2D eigenvalue weighted by molar-refractivity contribution is 14.0. The average Bonchev–Trinajstić information content (AvgIpc) is 3.10. The van der Waals surface area contributed by atoms with E-state index in [1.807, 2.05) is 27.7 Å². The molecule has 1 aliphatic rings. The molecule has 1 amide bonds. The van der Waals surface area contributed by atoms with Crippen LogP contribution in [0.4, 0.5) is 4.79 Å². The van der Waals surface area contributed by atoms with E-state index in [2.05, 4.69) is 15.6 Å². The smallest absolute Gasteiger partial charge is 0.410 e. The number of likely N-dealkylation sites (N-methyl/N-ethyl adjacent to an activating group) is 1. The van der Waals surface area contributed by atoms with Crippen molar-refractivity contribution in [1.82, 2.24) is 19.8 Å². The highest BCUT2D eigenvalue weighted by atomic mass is 127. The fourth-order valence-corrected chi connectivity index (χ4v) is 4.91. The number of sulfonamides is 1. The van der Waals surface area contributed by atoms with Gasteiger partial charge in [0.15, 0.2) is 5.96 Å². The summed E-state index contributed by atoms with van der Waals surface area (Å²) in [5.74, 6) is 0.600. The van der Waals surface area contributed by atoms with Gasteiger partial charge in [-0.3, -0.25) is 4.99 Å². The number of nitrogens with one attached hydrogen (secondary N) is 2. The molecule has 0 aliphatic carbocycles. The fourth-order valence-electron chi connectivity index (χ4n) is 2.55. The summed E-state index contributed by atoms with van der Waals surface area (Å²) in [6, 6.07) is 3.39. The van der Waals surface area contributed by atoms with Crippen LogP contribution in [-0.4, -0.2) is 81.1 Å². The quantitative estimate of drug-likeness (QED) is 0.295. The maximum atomic E-state index is 12.4. The van der Waals surface area contributed by atoms with Crippen LogP contribution in [0.15, 0.2) is 26.7 Å². The maximum absolute atomic E-state index is 12.4. The minimum atomic E-state index is -3.47. The first-order valence-electron chi connectivity index (χ1n) is 9.55. The largest absolute Gasteiger partial charge is 0.444 e. The Morgan fingerprint density at radius 3 is 2.60 bits per heavy atom. The molecule has 0 aromatic carbocycles. The van der Waals surface area contributed by atoms with Gasteiger partial charge in [-0.1, -0.05) is 6.07 Å². The second-order valence-electron chi connectivity index (χ2n) is 7.75. The average molecular weight is 574 g/mol. The van der Waals surface area contributed by atoms with Crippen LogP contribution < -0.4 is 10.6 Å². The van der Waals surface area contributed by atoms with Gasteiger partial charge in [-0.15, -0.1) is 35.3 Å². The van der Waals surface area contributed by atoms with Crippen LogP contribution >= 0.6 is 35.3 Å². The molecule has 0 unspecified atom stereocenters. The number of guanidine groups is 1. The number of hydrogen-bond donors (Lipinski definition) is 2. The van der Waals surface area contributed by atoms with E-state index < -0.39 is 15.6 Å². The first kappa shape index (κ1) is 26.9. The zero-order valence-electron chi connectivity index (χ0n) is 18.0. The molecule has 0 radical (unpaired) electrons. The highest BCUT2D eigenvalue weighted by Gasteiger charge is 2.34. The van der Waals surface area contributed by atoms with Crippen molar-refractivity contribution in [2.75, 3.05) is 39.8 Å². The molecular weight excluding hydrogens is 541 g/mol. The minimum absolute atomic E-state index is 0. The van der Waals surface area contributed by atoms with Crippen LogP contribution in [0.1, 0.15) is 27.7 Å². The van der Waals surface area contributed by atoms with Crippen LogP contribution in [-0.2, 0) is 14.8 Å². The van der Waals surface area contributed by atoms with Gasteiger partial charge in [0.25, 0.3) is 10.0 Å². The van der Waals surface area contributed by atoms with E-state index in [0.29, 0.717) is 36.3 Å². The second kappa shape index (κ2) is 11.5. The number of hydrogen-bond acceptors (Lipinski definition) is 6. The lowest BCUT2D eigenvalue weighted by molar-refractivity contribution is 0.00700. The van der Waals surface area contributed by atoms with E-state index in [-0.39, 0.29) is 42.7 Å². The van der Waals surface area contributed by atoms with Crippen molar-refractivity contribution in [3.8, 4) is 0 Å². The van der Waals surface area contributed by atoms with Crippen LogP contribution in [0, 0.1) is 0 Å². The zero-order valence-corrected chi connectivity index (χ0v) is 22.0. The third kappa shape index (κ3) is 7.85. The molecule has 1 aliphatic heterocycles. The summed E-state index contributed by atoms with van der Waals surface area (Å²) >= 11 is 1.20. The molecule has 1 fully saturated rings. The molecule has 0 bridgehead atoms. The summed E-state index contributed by atoms with van der Waals surface area (Å²) in [5, 5.41) is 8.15. The second-order valence-corrected chi connectivity index (χ2v) is 11.0. The summed E-state index contributed by atoms with van der Waals surface area (Å²) in [6.07, 6.45) is -0.321. The van der Waals surface area contributed by atoms with Crippen LogP contribution in [0.5, 0.6) is 0 Å². The van der Waals surface area contributed by atoms with E-state index >= 15 is 0 Å². The predicted molar refractivity (Wildman–Crippen MR) is 130 cm³/mol. The van der Waals surface area contributed by atoms with Crippen LogP contribution in [0.25, 0.3) is 0 Å². The Kier molecular flexibility index (Phi) is 10.3. The molecule has 1 aromatic heterocycles. The summed E-state index contributed by atoms with van der Waals surface area (Å²) in [4.78, 5) is 18.1. The standard InChI is InChI=1S/C18H31N5O4S2.HI/c1-6-19-16(21-14-12-23(13-14)17(24)27-18(2,3)4)20-9-10-22(5)29(25,26)15-8-7-11-28-15;/h7-8,11,14H,6,9-10,12-13H2,1-5H3,(H2,19,20,21);1H. The van der Waals surface area contributed by atoms with Crippen molar-refractivity contribution in [2.24, 2.45) is 4.99 Å². The molecule has 0 spiro atoms. The number of thiophene rings is 1. The van der Waals surface area contributed by atoms with E-state index in [1.165, 1.54) is 15.6 Å². The van der Waals surface area contributed by atoms with Gasteiger partial charge in [-0.25, -0.2) is 13.2 Å². The molecule has 1 aromatic rings. The molecule has 0 atom stereocenters. The topological polar surface area (TPSA) is 103 Å². The van der Waals surface area contributed by atoms with Crippen molar-refractivity contribution in [3.63, 3.8) is 0 Å². The van der Waals surface area contributed by atoms with Gasteiger partial charge in [0, 0.05) is 33.2 Å². The molecule has 2 N–H and O–H groups in total. The predicted octanol–water partition coefficient (Wildman–Crippen LogP) is 2.16. The van der Waals surface area contributed by atoms with Crippen molar-refractivity contribution < 1.29 is 17.9 Å². The monoisotopic (exact) mass is 573 g/mol. The molecule has 30 heavy (non-hydrogen) atoms. The van der Waals surface area contributed by atoms with E-state index in [4.69, 9.17) is 4.74 Å². The van der Waals surface area contributed by atoms with Gasteiger partial charge in [0.05, 0.1) is 12.6 Å². The Bertz CT molecular complexity index is 803. The lowest BCUT2D eigenvalue weighted by Gasteiger charge is -2.40. The van der Waals surface area contributed by atoms with Gasteiger partial charge in [0.2, 0.25) is 0 Å². The Hall–Kier alpha value is -1.12. The fraction of sp³-hybridized carbons (Fsp3) is 0.667. The lowest BCUT2D eigenvalue weighted by Crippen LogP contribution is -2.63. The number of rotatable bonds is 7. The Labute approximate surface area is 200 Å². The Morgan fingerprint density at radius 2 is 2.07 bits per heavy atom. The third-order valence-corrected chi connectivity index (χ3v) is 7.29. The van der Waals surface area contributed by atoms with Gasteiger partial charge in [0.1, 0.15) is 9.81 Å². The lowest BCUT2D eigenvalue weighted by atomic mass is 10.1. The number of carbonyl (C=O) groups is 1. The number of carbonyl (C=O) groups excluding carboxylic acids is 1. The van der Waals surface area contributed by atoms with Crippen molar-refractivity contribution in [3.05, 3.63) is 17.5 Å². The van der Waals surface area contributed by atoms with E-state index in [9.17, 15) is 13.2 Å². The molecule has 0 saturated carbocycles. The number of aliphatic imine (C=N–C) groups is 1. The first-order chi connectivity index (χ1) is 13.5. The molecule has 172 valence electrons. The Morgan fingerprint density at radius 1 is 1.40 bits per heavy atom. The highest BCUT2D eigenvalue weighted by Crippen LogP contribution is 2.19. The number of amides is 1. The van der Waals surface area contributed by atoms with Crippen molar-refractivity contribution >= 4 is 57.4 Å². The first-order valence-corrected chi connectivity index (χ1v) is 11.9. The van der Waals surface area contributed by atoms with Gasteiger partial charge >= 0.3 is 6.09 Å². The third-order valence-electron chi connectivity index (χ3n) is 4.06. The van der Waals surface area contributed by atoms with E-state index in [0.717, 1.165) is 0 Å². The Balaban J connectivity index is 0.00000450. The van der Waals surface area contributed by atoms with Crippen molar-refractivity contribution in [2.45, 2.75) is 43.5 Å². The van der Waals surface area contributed by atoms with Crippen LogP contribution in [0.3, 0.4) is 0 Å². The maximum Gasteiger partial charge on any atom is 0.410 e. The number of nitrogens with zero attached hydrogens (tertiary/aromatic N) is 3. The molecule has 2 heterocycles. The normalized spacial score (nSPS) is 15.4. The molecular formula is C18H32IN5O4S2. The summed E-state index contributed by atoms with van der Waals surface area (Å²) in [7, 11) is -1.92. The molecule has 2 rings (SSSR count).